The number of rotatable bonds is 5. The molecule has 0 bridgehead atoms. The molecule has 0 spiro atoms. The highest BCUT2D eigenvalue weighted by atomic mass is 32.2. The molecule has 2 heterocycles. The number of anilines is 1. The number of carbonyl (C=O) groups is 1. The number of hydrogen-bond acceptors (Lipinski definition) is 4. The molecular formula is C26H28N2OS2. The Morgan fingerprint density at radius 2 is 1.74 bits per heavy atom. The predicted molar refractivity (Wildman–Crippen MR) is 136 cm³/mol. The highest BCUT2D eigenvalue weighted by Crippen LogP contribution is 2.49. The highest BCUT2D eigenvalue weighted by Gasteiger charge is 2.39. The van der Waals surface area contributed by atoms with E-state index in [4.69, 9.17) is 12.2 Å². The van der Waals surface area contributed by atoms with Crippen LogP contribution < -0.4 is 4.90 Å². The van der Waals surface area contributed by atoms with Crippen molar-refractivity contribution in [2.75, 3.05) is 18.0 Å². The van der Waals surface area contributed by atoms with Gasteiger partial charge in [-0.1, -0.05) is 81.1 Å². The lowest BCUT2D eigenvalue weighted by Gasteiger charge is -2.25. The Bertz CT molecular complexity index is 1090. The van der Waals surface area contributed by atoms with Gasteiger partial charge in [-0.3, -0.25) is 9.69 Å². The van der Waals surface area contributed by atoms with E-state index in [1.807, 2.05) is 12.1 Å². The minimum Gasteiger partial charge on any atom is -0.344 e. The molecule has 0 atom stereocenters. The summed E-state index contributed by atoms with van der Waals surface area (Å²) in [6, 6.07) is 17.2. The van der Waals surface area contributed by atoms with Gasteiger partial charge in [0.05, 0.1) is 4.91 Å². The molecule has 160 valence electrons. The van der Waals surface area contributed by atoms with Crippen molar-refractivity contribution in [2.45, 2.75) is 39.5 Å². The number of fused-ring (bicyclic) bond motifs is 1. The Kier molecular flexibility index (Phi) is 6.09. The van der Waals surface area contributed by atoms with Crippen molar-refractivity contribution in [3.05, 3.63) is 76.8 Å². The van der Waals surface area contributed by atoms with Crippen LogP contribution in [0.4, 0.5) is 5.69 Å². The fourth-order valence-electron chi connectivity index (χ4n) is 4.41. The van der Waals surface area contributed by atoms with Gasteiger partial charge in [-0.15, -0.1) is 0 Å². The lowest BCUT2D eigenvalue weighted by atomic mass is 9.82. The van der Waals surface area contributed by atoms with Gasteiger partial charge in [0.15, 0.2) is 0 Å². The van der Waals surface area contributed by atoms with Gasteiger partial charge < -0.3 is 4.90 Å². The first kappa shape index (κ1) is 21.8. The van der Waals surface area contributed by atoms with Gasteiger partial charge in [0.2, 0.25) is 0 Å². The lowest BCUT2D eigenvalue weighted by molar-refractivity contribution is -0.122. The van der Waals surface area contributed by atoms with Crippen molar-refractivity contribution in [1.82, 2.24) is 4.90 Å². The number of benzene rings is 2. The van der Waals surface area contributed by atoms with Crippen molar-refractivity contribution in [2.24, 2.45) is 0 Å². The van der Waals surface area contributed by atoms with Crippen LogP contribution >= 0.6 is 24.0 Å². The lowest BCUT2D eigenvalue weighted by Crippen LogP contribution is -2.28. The second-order valence-electron chi connectivity index (χ2n) is 8.37. The van der Waals surface area contributed by atoms with Crippen LogP contribution in [0.5, 0.6) is 0 Å². The number of thiocarbonyl (C=S) groups is 1. The van der Waals surface area contributed by atoms with Gasteiger partial charge in [-0.2, -0.15) is 0 Å². The van der Waals surface area contributed by atoms with Crippen molar-refractivity contribution < 1.29 is 4.79 Å². The van der Waals surface area contributed by atoms with Gasteiger partial charge in [0, 0.05) is 29.9 Å². The molecular weight excluding hydrogens is 420 g/mol. The molecule has 5 heteroatoms. The third-order valence-corrected chi connectivity index (χ3v) is 7.42. The topological polar surface area (TPSA) is 23.6 Å². The summed E-state index contributed by atoms with van der Waals surface area (Å²) in [7, 11) is 0. The van der Waals surface area contributed by atoms with Gasteiger partial charge in [-0.25, -0.2) is 0 Å². The van der Waals surface area contributed by atoms with Crippen LogP contribution in [0.3, 0.4) is 0 Å². The molecule has 0 aliphatic carbocycles. The Hall–Kier alpha value is -2.37. The summed E-state index contributed by atoms with van der Waals surface area (Å²) in [5, 5.41) is 0. The van der Waals surface area contributed by atoms with E-state index in [9.17, 15) is 4.79 Å². The third-order valence-electron chi connectivity index (χ3n) is 6.03. The van der Waals surface area contributed by atoms with E-state index in [0.717, 1.165) is 13.0 Å². The van der Waals surface area contributed by atoms with Crippen molar-refractivity contribution in [3.63, 3.8) is 0 Å². The number of likely N-dealkylation sites (N-methyl/N-ethyl adjacent to an activating group) is 1. The van der Waals surface area contributed by atoms with Crippen LogP contribution in [0.15, 0.2) is 71.3 Å². The molecule has 1 saturated heterocycles. The average Bonchev–Trinajstić information content (AvgIpc) is 3.16. The van der Waals surface area contributed by atoms with Crippen LogP contribution in [0.2, 0.25) is 0 Å². The predicted octanol–water partition coefficient (Wildman–Crippen LogP) is 6.51. The summed E-state index contributed by atoms with van der Waals surface area (Å²) in [5.41, 5.74) is 6.05. The molecule has 0 aromatic heterocycles. The molecule has 1 amide bonds. The summed E-state index contributed by atoms with van der Waals surface area (Å²) >= 11 is 6.82. The molecule has 3 nitrogen and oxygen atoms in total. The quantitative estimate of drug-likeness (QED) is 0.384. The highest BCUT2D eigenvalue weighted by molar-refractivity contribution is 8.26. The molecule has 2 aromatic rings. The molecule has 0 unspecified atom stereocenters. The second kappa shape index (κ2) is 8.64. The van der Waals surface area contributed by atoms with E-state index in [1.165, 1.54) is 39.8 Å². The first-order chi connectivity index (χ1) is 14.9. The van der Waals surface area contributed by atoms with E-state index in [0.29, 0.717) is 15.8 Å². The largest absolute Gasteiger partial charge is 0.344 e. The minimum absolute atomic E-state index is 0.0245. The molecule has 0 radical (unpaired) electrons. The maximum Gasteiger partial charge on any atom is 0.266 e. The van der Waals surface area contributed by atoms with Crippen molar-refractivity contribution >= 4 is 39.9 Å². The summed E-state index contributed by atoms with van der Waals surface area (Å²) in [4.78, 5) is 17.5. The fraction of sp³-hybridized carbons (Fsp3) is 0.308. The number of hydrogen-bond donors (Lipinski definition) is 0. The van der Waals surface area contributed by atoms with Gasteiger partial charge >= 0.3 is 0 Å². The van der Waals surface area contributed by atoms with Crippen LogP contribution in [0.1, 0.15) is 39.7 Å². The van der Waals surface area contributed by atoms with Crippen LogP contribution in [-0.2, 0) is 10.2 Å². The van der Waals surface area contributed by atoms with E-state index in [2.05, 4.69) is 81.1 Å². The Morgan fingerprint density at radius 1 is 1.00 bits per heavy atom. The van der Waals surface area contributed by atoms with E-state index in [1.54, 1.807) is 4.90 Å². The van der Waals surface area contributed by atoms with Gasteiger partial charge in [0.1, 0.15) is 4.32 Å². The van der Waals surface area contributed by atoms with E-state index >= 15 is 0 Å². The summed E-state index contributed by atoms with van der Waals surface area (Å²) in [6.07, 6.45) is 4.97. The van der Waals surface area contributed by atoms with Gasteiger partial charge in [0.25, 0.3) is 5.91 Å². The molecule has 31 heavy (non-hydrogen) atoms. The minimum atomic E-state index is -0.164. The zero-order valence-electron chi connectivity index (χ0n) is 18.5. The second-order valence-corrected chi connectivity index (χ2v) is 10.1. The Labute approximate surface area is 194 Å². The molecule has 1 fully saturated rings. The Balaban J connectivity index is 1.72. The summed E-state index contributed by atoms with van der Waals surface area (Å²) in [5.74, 6) is 0.0245. The number of thioether (sulfide) groups is 1. The smallest absolute Gasteiger partial charge is 0.266 e. The number of amides is 1. The van der Waals surface area contributed by atoms with Crippen LogP contribution in [0, 0.1) is 0 Å². The molecule has 2 aliphatic rings. The molecule has 0 N–H and O–H groups in total. The van der Waals surface area contributed by atoms with Crippen LogP contribution in [-0.4, -0.2) is 28.2 Å². The molecule has 2 aliphatic heterocycles. The number of nitrogens with zero attached hydrogens (tertiary/aromatic N) is 2. The normalized spacial score (nSPS) is 20.3. The first-order valence-electron chi connectivity index (χ1n) is 10.8. The molecule has 4 rings (SSSR count). The summed E-state index contributed by atoms with van der Waals surface area (Å²) in [6.45, 7) is 10.3. The number of allylic oxidation sites excluding steroid dienone is 3. The monoisotopic (exact) mass is 448 g/mol. The zero-order valence-corrected chi connectivity index (χ0v) is 20.1. The standard InChI is InChI=1S/C26H28N2OS2/c1-5-16-28-24(29)22(31-25(28)30)14-15-23-26(3,4)20-17-19(18-10-8-7-9-11-18)12-13-21(20)27(23)6-2/h7-15,17H,5-6,16H2,1-4H3/b22-14-,23-15+. The third kappa shape index (κ3) is 3.85. The maximum atomic E-state index is 12.7. The van der Waals surface area contributed by atoms with Gasteiger partial charge in [-0.05, 0) is 54.3 Å². The van der Waals surface area contributed by atoms with Crippen molar-refractivity contribution in [3.8, 4) is 11.1 Å². The average molecular weight is 449 g/mol. The SMILES string of the molecule is CCCN1C(=O)/C(=C/C=C2/N(CC)c3ccc(-c4ccccc4)cc3C2(C)C)SC1=S. The number of carbonyl (C=O) groups excluding carboxylic acids is 1. The Morgan fingerprint density at radius 3 is 2.42 bits per heavy atom. The molecule has 2 aromatic carbocycles. The van der Waals surface area contributed by atoms with E-state index < -0.39 is 0 Å². The van der Waals surface area contributed by atoms with Crippen LogP contribution in [0.25, 0.3) is 11.1 Å². The first-order valence-corrected chi connectivity index (χ1v) is 12.0. The van der Waals surface area contributed by atoms with Crippen molar-refractivity contribution in [1.29, 1.82) is 0 Å². The van der Waals surface area contributed by atoms with E-state index in [-0.39, 0.29) is 11.3 Å². The zero-order chi connectivity index (χ0) is 22.2. The fourth-order valence-corrected chi connectivity index (χ4v) is 5.66. The maximum absolute atomic E-state index is 12.7. The molecule has 0 saturated carbocycles. The summed E-state index contributed by atoms with van der Waals surface area (Å²) < 4.78 is 0.658.